The molecule has 3 rings (SSSR count). The molecule has 0 saturated carbocycles. The molecule has 0 fully saturated rings. The van der Waals surface area contributed by atoms with Crippen molar-refractivity contribution in [1.82, 2.24) is 4.98 Å². The van der Waals surface area contributed by atoms with Crippen molar-refractivity contribution in [2.45, 2.75) is 45.1 Å². The van der Waals surface area contributed by atoms with Crippen LogP contribution in [0.15, 0.2) is 72.8 Å². The highest BCUT2D eigenvalue weighted by Crippen LogP contribution is 2.30. The van der Waals surface area contributed by atoms with Crippen LogP contribution in [0.2, 0.25) is 0 Å². The Morgan fingerprint density at radius 1 is 0.862 bits per heavy atom. The number of hydrogen-bond donors (Lipinski definition) is 0. The molecule has 3 aromatic rings. The molecular weight excluding hydrogens is 372 g/mol. The summed E-state index contributed by atoms with van der Waals surface area (Å²) in [6, 6.07) is 22.3. The lowest BCUT2D eigenvalue weighted by molar-refractivity contribution is -0.0498. The molecule has 1 heterocycles. The SMILES string of the molecule is CC(C)(CCCc1cccc(Oc2ccccc2)n1)c1ccc(OC(F)F)cc1. The number of ether oxygens (including phenoxy) is 2. The third kappa shape index (κ3) is 6.28. The van der Waals surface area contributed by atoms with E-state index in [1.165, 1.54) is 0 Å². The Morgan fingerprint density at radius 3 is 2.28 bits per heavy atom. The van der Waals surface area contributed by atoms with Gasteiger partial charge >= 0.3 is 6.61 Å². The molecule has 2 aromatic carbocycles. The number of aromatic nitrogens is 1. The van der Waals surface area contributed by atoms with Crippen molar-refractivity contribution in [2.24, 2.45) is 0 Å². The van der Waals surface area contributed by atoms with Crippen LogP contribution in [0.5, 0.6) is 17.4 Å². The molecule has 0 saturated heterocycles. The molecule has 0 radical (unpaired) electrons. The maximum Gasteiger partial charge on any atom is 0.387 e. The van der Waals surface area contributed by atoms with Crippen LogP contribution in [0.1, 0.15) is 37.9 Å². The maximum absolute atomic E-state index is 12.3. The van der Waals surface area contributed by atoms with Crippen molar-refractivity contribution >= 4 is 0 Å². The lowest BCUT2D eigenvalue weighted by Crippen LogP contribution is -2.17. The lowest BCUT2D eigenvalue weighted by Gasteiger charge is -2.25. The summed E-state index contributed by atoms with van der Waals surface area (Å²) in [6.45, 7) is 1.50. The predicted octanol–water partition coefficient (Wildman–Crippen LogP) is 6.78. The van der Waals surface area contributed by atoms with Gasteiger partial charge in [-0.05, 0) is 60.6 Å². The van der Waals surface area contributed by atoms with Crippen molar-refractivity contribution in [3.05, 3.63) is 84.1 Å². The molecule has 1 aromatic heterocycles. The lowest BCUT2D eigenvalue weighted by atomic mass is 9.80. The fraction of sp³-hybridized carbons (Fsp3) is 0.292. The summed E-state index contributed by atoms with van der Waals surface area (Å²) in [5.74, 6) is 1.53. The number of pyridine rings is 1. The minimum atomic E-state index is -2.80. The van der Waals surface area contributed by atoms with Crippen LogP contribution in [0, 0.1) is 0 Å². The van der Waals surface area contributed by atoms with Crippen LogP contribution < -0.4 is 9.47 Å². The van der Waals surface area contributed by atoms with Crippen LogP contribution in [0.25, 0.3) is 0 Å². The molecule has 152 valence electrons. The fourth-order valence-electron chi connectivity index (χ4n) is 3.21. The fourth-order valence-corrected chi connectivity index (χ4v) is 3.21. The third-order valence-corrected chi connectivity index (χ3v) is 4.84. The van der Waals surface area contributed by atoms with Crippen molar-refractivity contribution < 1.29 is 18.3 Å². The Hall–Kier alpha value is -2.95. The highest BCUT2D eigenvalue weighted by molar-refractivity contribution is 5.32. The number of para-hydroxylation sites is 1. The topological polar surface area (TPSA) is 31.4 Å². The Kier molecular flexibility index (Phi) is 6.81. The van der Waals surface area contributed by atoms with Gasteiger partial charge in [-0.3, -0.25) is 0 Å². The molecule has 0 aliphatic rings. The van der Waals surface area contributed by atoms with E-state index >= 15 is 0 Å². The zero-order valence-corrected chi connectivity index (χ0v) is 16.6. The monoisotopic (exact) mass is 397 g/mol. The number of halogens is 2. The van der Waals surface area contributed by atoms with Crippen LogP contribution in [-0.4, -0.2) is 11.6 Å². The molecule has 3 nitrogen and oxygen atoms in total. The van der Waals surface area contributed by atoms with Crippen molar-refractivity contribution in [3.8, 4) is 17.4 Å². The van der Waals surface area contributed by atoms with Gasteiger partial charge in [0.05, 0.1) is 0 Å². The first kappa shape index (κ1) is 20.8. The largest absolute Gasteiger partial charge is 0.439 e. The van der Waals surface area contributed by atoms with Gasteiger partial charge in [-0.25, -0.2) is 4.98 Å². The average molecular weight is 397 g/mol. The molecule has 0 atom stereocenters. The summed E-state index contributed by atoms with van der Waals surface area (Å²) >= 11 is 0. The van der Waals surface area contributed by atoms with Gasteiger partial charge in [0, 0.05) is 11.8 Å². The Balaban J connectivity index is 1.55. The average Bonchev–Trinajstić information content (AvgIpc) is 2.69. The highest BCUT2D eigenvalue weighted by atomic mass is 19.3. The molecule has 5 heteroatoms. The molecule has 0 bridgehead atoms. The van der Waals surface area contributed by atoms with Gasteiger partial charge in [0.2, 0.25) is 5.88 Å². The Labute approximate surface area is 170 Å². The number of hydrogen-bond acceptors (Lipinski definition) is 3. The first-order valence-corrected chi connectivity index (χ1v) is 9.66. The Morgan fingerprint density at radius 2 is 1.59 bits per heavy atom. The second-order valence-corrected chi connectivity index (χ2v) is 7.52. The van der Waals surface area contributed by atoms with E-state index in [0.717, 1.165) is 36.3 Å². The number of aryl methyl sites for hydroxylation is 1. The summed E-state index contributed by atoms with van der Waals surface area (Å²) in [4.78, 5) is 4.59. The number of rotatable bonds is 9. The molecule has 0 unspecified atom stereocenters. The van der Waals surface area contributed by atoms with Crippen molar-refractivity contribution in [2.75, 3.05) is 0 Å². The normalized spacial score (nSPS) is 11.5. The predicted molar refractivity (Wildman–Crippen MR) is 110 cm³/mol. The molecule has 0 spiro atoms. The molecular formula is C24H25F2NO2. The minimum Gasteiger partial charge on any atom is -0.439 e. The van der Waals surface area contributed by atoms with Crippen LogP contribution >= 0.6 is 0 Å². The number of alkyl halides is 2. The van der Waals surface area contributed by atoms with E-state index in [4.69, 9.17) is 4.74 Å². The summed E-state index contributed by atoms with van der Waals surface area (Å²) in [6.07, 6.45) is 2.72. The van der Waals surface area contributed by atoms with Crippen LogP contribution in [0.4, 0.5) is 8.78 Å². The van der Waals surface area contributed by atoms with Crippen LogP contribution in [0.3, 0.4) is 0 Å². The summed E-state index contributed by atoms with van der Waals surface area (Å²) in [5, 5.41) is 0. The first-order chi connectivity index (χ1) is 13.9. The van der Waals surface area contributed by atoms with Gasteiger partial charge in [-0.2, -0.15) is 8.78 Å². The summed E-state index contributed by atoms with van der Waals surface area (Å²) < 4.78 is 34.8. The van der Waals surface area contributed by atoms with E-state index in [1.54, 1.807) is 12.1 Å². The van der Waals surface area contributed by atoms with Crippen LogP contribution in [-0.2, 0) is 11.8 Å². The van der Waals surface area contributed by atoms with E-state index < -0.39 is 6.61 Å². The van der Waals surface area contributed by atoms with Gasteiger partial charge in [0.1, 0.15) is 11.5 Å². The van der Waals surface area contributed by atoms with E-state index in [9.17, 15) is 8.78 Å². The Bertz CT molecular complexity index is 896. The van der Waals surface area contributed by atoms with E-state index in [0.29, 0.717) is 5.88 Å². The molecule has 0 aliphatic carbocycles. The first-order valence-electron chi connectivity index (χ1n) is 9.66. The molecule has 0 amide bonds. The smallest absolute Gasteiger partial charge is 0.387 e. The third-order valence-electron chi connectivity index (χ3n) is 4.84. The van der Waals surface area contributed by atoms with Crippen molar-refractivity contribution in [3.63, 3.8) is 0 Å². The zero-order valence-electron chi connectivity index (χ0n) is 16.6. The number of benzene rings is 2. The van der Waals surface area contributed by atoms with Gasteiger partial charge < -0.3 is 9.47 Å². The molecule has 0 aliphatic heterocycles. The van der Waals surface area contributed by atoms with Gasteiger partial charge in [0.25, 0.3) is 0 Å². The standard InChI is InChI=1S/C24H25F2NO2/c1-24(2,18-13-15-21(16-14-18)29-23(25)26)17-7-9-19-8-6-12-22(27-19)28-20-10-4-3-5-11-20/h3-6,8,10-16,23H,7,9,17H2,1-2H3. The van der Waals surface area contributed by atoms with E-state index in [1.807, 2.05) is 60.7 Å². The highest BCUT2D eigenvalue weighted by Gasteiger charge is 2.20. The number of nitrogens with zero attached hydrogens (tertiary/aromatic N) is 1. The van der Waals surface area contributed by atoms with Gasteiger partial charge in [0.15, 0.2) is 0 Å². The second kappa shape index (κ2) is 9.50. The molecule has 0 N–H and O–H groups in total. The van der Waals surface area contributed by atoms with E-state index in [-0.39, 0.29) is 11.2 Å². The zero-order chi connectivity index (χ0) is 20.7. The van der Waals surface area contributed by atoms with Crippen molar-refractivity contribution in [1.29, 1.82) is 0 Å². The second-order valence-electron chi connectivity index (χ2n) is 7.52. The minimum absolute atomic E-state index is 0.0818. The van der Waals surface area contributed by atoms with Gasteiger partial charge in [-0.15, -0.1) is 0 Å². The molecule has 29 heavy (non-hydrogen) atoms. The summed E-state index contributed by atoms with van der Waals surface area (Å²) in [5.41, 5.74) is 1.99. The summed E-state index contributed by atoms with van der Waals surface area (Å²) in [7, 11) is 0. The van der Waals surface area contributed by atoms with E-state index in [2.05, 4.69) is 23.6 Å². The maximum atomic E-state index is 12.3. The quantitative estimate of drug-likeness (QED) is 0.399. The van der Waals surface area contributed by atoms with Gasteiger partial charge in [-0.1, -0.05) is 50.2 Å².